The predicted molar refractivity (Wildman–Crippen MR) is 43.7 cm³/mol. The first-order valence-electron chi connectivity index (χ1n) is 4.21. The molecule has 4 heteroatoms. The second kappa shape index (κ2) is 4.42. The maximum absolute atomic E-state index is 10.6. The van der Waals surface area contributed by atoms with E-state index in [0.717, 1.165) is 6.41 Å². The molecule has 2 atom stereocenters. The number of amides is 1. The van der Waals surface area contributed by atoms with Crippen LogP contribution in [0, 0.1) is 0 Å². The van der Waals surface area contributed by atoms with Crippen LogP contribution in [0.4, 0.5) is 0 Å². The van der Waals surface area contributed by atoms with Crippen LogP contribution in [0.2, 0.25) is 0 Å². The summed E-state index contributed by atoms with van der Waals surface area (Å²) in [5.74, 6) is 0. The summed E-state index contributed by atoms with van der Waals surface area (Å²) in [4.78, 5) is 12.3. The minimum atomic E-state index is 0.0590. The molecule has 1 rings (SSSR count). The Labute approximate surface area is 72.1 Å². The molecule has 0 radical (unpaired) electrons. The molecular formula is C8H15NO3. The number of ether oxygens (including phenoxy) is 1. The Morgan fingerprint density at radius 2 is 2.50 bits per heavy atom. The van der Waals surface area contributed by atoms with Gasteiger partial charge >= 0.3 is 0 Å². The summed E-state index contributed by atoms with van der Waals surface area (Å²) in [6.07, 6.45) is 1.55. The molecule has 4 nitrogen and oxygen atoms in total. The van der Waals surface area contributed by atoms with E-state index in [-0.39, 0.29) is 18.8 Å². The van der Waals surface area contributed by atoms with Crippen molar-refractivity contribution in [1.29, 1.82) is 0 Å². The molecule has 0 aromatic carbocycles. The number of carbonyl (C=O) groups is 1. The van der Waals surface area contributed by atoms with Crippen molar-refractivity contribution < 1.29 is 14.6 Å². The molecule has 70 valence electrons. The number of morpholine rings is 1. The number of aliphatic hydroxyl groups excluding tert-OH is 1. The lowest BCUT2D eigenvalue weighted by atomic mass is 10.1. The van der Waals surface area contributed by atoms with Crippen molar-refractivity contribution in [2.24, 2.45) is 0 Å². The topological polar surface area (TPSA) is 49.8 Å². The van der Waals surface area contributed by atoms with E-state index < -0.39 is 0 Å². The number of hydrogen-bond acceptors (Lipinski definition) is 3. The van der Waals surface area contributed by atoms with Crippen LogP contribution in [0.3, 0.4) is 0 Å². The highest BCUT2D eigenvalue weighted by molar-refractivity contribution is 5.48. The van der Waals surface area contributed by atoms with Crippen LogP contribution in [0.5, 0.6) is 0 Å². The van der Waals surface area contributed by atoms with Gasteiger partial charge in [0.15, 0.2) is 0 Å². The predicted octanol–water partition coefficient (Wildman–Crippen LogP) is -0.385. The lowest BCUT2D eigenvalue weighted by Gasteiger charge is -2.35. The maximum Gasteiger partial charge on any atom is 0.210 e. The monoisotopic (exact) mass is 173 g/mol. The Morgan fingerprint density at radius 1 is 1.75 bits per heavy atom. The van der Waals surface area contributed by atoms with Gasteiger partial charge in [-0.3, -0.25) is 4.79 Å². The van der Waals surface area contributed by atoms with Gasteiger partial charge in [0.05, 0.1) is 18.8 Å². The van der Waals surface area contributed by atoms with Gasteiger partial charge in [-0.2, -0.15) is 0 Å². The Morgan fingerprint density at radius 3 is 3.08 bits per heavy atom. The summed E-state index contributed by atoms with van der Waals surface area (Å²) in [6, 6.07) is 0.0590. The van der Waals surface area contributed by atoms with E-state index in [1.165, 1.54) is 0 Å². The summed E-state index contributed by atoms with van der Waals surface area (Å²) in [6.45, 7) is 3.22. The Hall–Kier alpha value is -0.610. The minimum absolute atomic E-state index is 0.0590. The maximum atomic E-state index is 10.6. The molecule has 0 aromatic heterocycles. The molecule has 0 spiro atoms. The van der Waals surface area contributed by atoms with E-state index in [1.54, 1.807) is 4.90 Å². The Bertz CT molecular complexity index is 151. The zero-order valence-electron chi connectivity index (χ0n) is 7.27. The van der Waals surface area contributed by atoms with Crippen LogP contribution in [0.1, 0.15) is 13.3 Å². The third-order valence-electron chi connectivity index (χ3n) is 2.11. The van der Waals surface area contributed by atoms with Crippen LogP contribution in [-0.4, -0.2) is 48.3 Å². The number of aliphatic hydroxyl groups is 1. The fraction of sp³-hybridized carbons (Fsp3) is 0.875. The number of hydrogen-bond donors (Lipinski definition) is 1. The molecule has 1 fully saturated rings. The van der Waals surface area contributed by atoms with Gasteiger partial charge in [0.1, 0.15) is 0 Å². The van der Waals surface area contributed by atoms with Gasteiger partial charge in [-0.1, -0.05) is 0 Å². The van der Waals surface area contributed by atoms with Crippen molar-refractivity contribution in [3.05, 3.63) is 0 Å². The van der Waals surface area contributed by atoms with Gasteiger partial charge in [0, 0.05) is 13.2 Å². The molecule has 12 heavy (non-hydrogen) atoms. The average molecular weight is 173 g/mol. The molecule has 1 aliphatic heterocycles. The molecule has 1 unspecified atom stereocenters. The lowest BCUT2D eigenvalue weighted by Crippen LogP contribution is -2.48. The summed E-state index contributed by atoms with van der Waals surface area (Å²) < 4.78 is 5.36. The second-order valence-corrected chi connectivity index (χ2v) is 3.11. The third-order valence-corrected chi connectivity index (χ3v) is 2.11. The van der Waals surface area contributed by atoms with Crippen molar-refractivity contribution in [3.63, 3.8) is 0 Å². The molecule has 0 bridgehead atoms. The van der Waals surface area contributed by atoms with Crippen molar-refractivity contribution >= 4 is 6.41 Å². The molecule has 1 aliphatic rings. The minimum Gasteiger partial charge on any atom is -0.396 e. The van der Waals surface area contributed by atoms with Crippen LogP contribution < -0.4 is 0 Å². The van der Waals surface area contributed by atoms with E-state index in [2.05, 4.69) is 0 Å². The third kappa shape index (κ3) is 2.19. The first-order chi connectivity index (χ1) is 5.77. The summed E-state index contributed by atoms with van der Waals surface area (Å²) in [7, 11) is 0. The normalized spacial score (nSPS) is 30.3. The zero-order chi connectivity index (χ0) is 8.97. The second-order valence-electron chi connectivity index (χ2n) is 3.11. The van der Waals surface area contributed by atoms with Crippen molar-refractivity contribution in [2.75, 3.05) is 19.8 Å². The number of rotatable bonds is 3. The van der Waals surface area contributed by atoms with Crippen molar-refractivity contribution in [1.82, 2.24) is 4.90 Å². The lowest BCUT2D eigenvalue weighted by molar-refractivity contribution is -0.131. The molecule has 0 aliphatic carbocycles. The largest absolute Gasteiger partial charge is 0.396 e. The highest BCUT2D eigenvalue weighted by Gasteiger charge is 2.24. The van der Waals surface area contributed by atoms with E-state index >= 15 is 0 Å². The average Bonchev–Trinajstić information content (AvgIpc) is 2.08. The highest BCUT2D eigenvalue weighted by atomic mass is 16.5. The number of nitrogens with zero attached hydrogens (tertiary/aromatic N) is 1. The smallest absolute Gasteiger partial charge is 0.210 e. The number of carbonyl (C=O) groups excluding carboxylic acids is 1. The standard InChI is InChI=1S/C8H15NO3/c1-7-4-9(6-11)8(2-3-10)5-12-7/h6-8,10H,2-5H2,1H3/t7?,8-/m0/s1. The molecule has 1 saturated heterocycles. The van der Waals surface area contributed by atoms with Crippen molar-refractivity contribution in [2.45, 2.75) is 25.5 Å². The van der Waals surface area contributed by atoms with E-state index in [4.69, 9.17) is 9.84 Å². The van der Waals surface area contributed by atoms with Gasteiger partial charge in [-0.25, -0.2) is 0 Å². The van der Waals surface area contributed by atoms with Gasteiger partial charge in [-0.15, -0.1) is 0 Å². The first kappa shape index (κ1) is 9.48. The summed E-state index contributed by atoms with van der Waals surface area (Å²) in [5, 5.41) is 8.70. The molecule has 0 saturated carbocycles. The van der Waals surface area contributed by atoms with Gasteiger partial charge in [-0.05, 0) is 13.3 Å². The molecule has 1 heterocycles. The van der Waals surface area contributed by atoms with E-state index in [9.17, 15) is 4.79 Å². The van der Waals surface area contributed by atoms with E-state index in [1.807, 2.05) is 6.92 Å². The van der Waals surface area contributed by atoms with Crippen molar-refractivity contribution in [3.8, 4) is 0 Å². The summed E-state index contributed by atoms with van der Waals surface area (Å²) >= 11 is 0. The molecule has 0 aromatic rings. The van der Waals surface area contributed by atoms with Gasteiger partial charge < -0.3 is 14.7 Å². The van der Waals surface area contributed by atoms with Crippen LogP contribution in [0.25, 0.3) is 0 Å². The zero-order valence-corrected chi connectivity index (χ0v) is 7.27. The summed E-state index contributed by atoms with van der Waals surface area (Å²) in [5.41, 5.74) is 0. The first-order valence-corrected chi connectivity index (χ1v) is 4.21. The SMILES string of the molecule is CC1CN(C=O)[C@@H](CCO)CO1. The quantitative estimate of drug-likeness (QED) is 0.591. The van der Waals surface area contributed by atoms with Gasteiger partial charge in [0.25, 0.3) is 0 Å². The molecule has 1 amide bonds. The Kier molecular flexibility index (Phi) is 3.49. The van der Waals surface area contributed by atoms with Crippen LogP contribution in [-0.2, 0) is 9.53 Å². The molecule has 1 N–H and O–H groups in total. The fourth-order valence-electron chi connectivity index (χ4n) is 1.40. The van der Waals surface area contributed by atoms with E-state index in [0.29, 0.717) is 19.6 Å². The molecular weight excluding hydrogens is 158 g/mol. The highest BCUT2D eigenvalue weighted by Crippen LogP contribution is 2.11. The van der Waals surface area contributed by atoms with Crippen LogP contribution in [0.15, 0.2) is 0 Å². The van der Waals surface area contributed by atoms with Gasteiger partial charge in [0.2, 0.25) is 6.41 Å². The Balaban J connectivity index is 2.44. The van der Waals surface area contributed by atoms with Crippen LogP contribution >= 0.6 is 0 Å². The fourth-order valence-corrected chi connectivity index (χ4v) is 1.40.